The molecule has 0 atom stereocenters. The zero-order valence-corrected chi connectivity index (χ0v) is 13.4. The molecule has 6 nitrogen and oxygen atoms in total. The van der Waals surface area contributed by atoms with Gasteiger partial charge in [0.25, 0.3) is 5.91 Å². The second kappa shape index (κ2) is 6.83. The summed E-state index contributed by atoms with van der Waals surface area (Å²) in [6.45, 7) is 1.33. The van der Waals surface area contributed by atoms with Gasteiger partial charge in [-0.15, -0.1) is 0 Å². The molecule has 0 bridgehead atoms. The zero-order chi connectivity index (χ0) is 15.4. The second-order valence-electron chi connectivity index (χ2n) is 5.04. The smallest absolute Gasteiger partial charge is 0.255 e. The normalized spacial score (nSPS) is 15.6. The van der Waals surface area contributed by atoms with Crippen LogP contribution in [0, 0.1) is 0 Å². The number of piperidine rings is 1. The van der Waals surface area contributed by atoms with Crippen LogP contribution < -0.4 is 4.74 Å². The van der Waals surface area contributed by atoms with Gasteiger partial charge in [0, 0.05) is 55.2 Å². The molecule has 1 aliphatic heterocycles. The molecule has 1 aliphatic rings. The summed E-state index contributed by atoms with van der Waals surface area (Å²) in [7, 11) is 0. The van der Waals surface area contributed by atoms with Gasteiger partial charge < -0.3 is 9.64 Å². The van der Waals surface area contributed by atoms with E-state index >= 15 is 0 Å². The third-order valence-corrected chi connectivity index (χ3v) is 3.94. The Morgan fingerprint density at radius 3 is 2.68 bits per heavy atom. The molecule has 1 amide bonds. The average Bonchev–Trinajstić information content (AvgIpc) is 2.56. The first-order valence-electron chi connectivity index (χ1n) is 7.05. The van der Waals surface area contributed by atoms with E-state index in [-0.39, 0.29) is 12.0 Å². The highest BCUT2D eigenvalue weighted by atomic mass is 79.9. The van der Waals surface area contributed by atoms with Gasteiger partial charge in [0.1, 0.15) is 6.10 Å². The number of pyridine rings is 1. The maximum atomic E-state index is 12.4. The van der Waals surface area contributed by atoms with Crippen molar-refractivity contribution in [2.45, 2.75) is 18.9 Å². The van der Waals surface area contributed by atoms with Gasteiger partial charge in [-0.05, 0) is 22.0 Å². The maximum absolute atomic E-state index is 12.4. The molecule has 1 fully saturated rings. The van der Waals surface area contributed by atoms with Gasteiger partial charge in [-0.3, -0.25) is 14.8 Å². The Morgan fingerprint density at radius 2 is 2.00 bits per heavy atom. The van der Waals surface area contributed by atoms with Crippen molar-refractivity contribution >= 4 is 21.8 Å². The predicted molar refractivity (Wildman–Crippen MR) is 83.5 cm³/mol. The Morgan fingerprint density at radius 1 is 1.18 bits per heavy atom. The molecule has 2 aromatic rings. The number of carbonyl (C=O) groups excluding carboxylic acids is 1. The molecule has 7 heteroatoms. The minimum Gasteiger partial charge on any atom is -0.473 e. The Balaban J connectivity index is 1.56. The van der Waals surface area contributed by atoms with E-state index in [0.29, 0.717) is 24.5 Å². The highest BCUT2D eigenvalue weighted by molar-refractivity contribution is 9.10. The van der Waals surface area contributed by atoms with Crippen LogP contribution in [-0.4, -0.2) is 45.0 Å². The summed E-state index contributed by atoms with van der Waals surface area (Å²) in [5.41, 5.74) is 0.600. The van der Waals surface area contributed by atoms with Gasteiger partial charge in [-0.2, -0.15) is 0 Å². The number of aromatic nitrogens is 3. The zero-order valence-electron chi connectivity index (χ0n) is 11.9. The molecule has 0 aromatic carbocycles. The molecule has 0 N–H and O–H groups in total. The molecule has 22 heavy (non-hydrogen) atoms. The van der Waals surface area contributed by atoms with E-state index in [1.807, 2.05) is 4.90 Å². The Hall–Kier alpha value is -2.02. The number of rotatable bonds is 3. The van der Waals surface area contributed by atoms with Crippen LogP contribution in [-0.2, 0) is 0 Å². The molecule has 0 unspecified atom stereocenters. The molecule has 2 aromatic heterocycles. The summed E-state index contributed by atoms with van der Waals surface area (Å²) < 4.78 is 6.58. The number of hydrogen-bond acceptors (Lipinski definition) is 5. The van der Waals surface area contributed by atoms with E-state index in [9.17, 15) is 4.79 Å². The molecule has 1 saturated heterocycles. The lowest BCUT2D eigenvalue weighted by Gasteiger charge is -2.31. The first-order valence-corrected chi connectivity index (χ1v) is 7.84. The van der Waals surface area contributed by atoms with E-state index < -0.39 is 0 Å². The van der Waals surface area contributed by atoms with E-state index in [1.54, 1.807) is 37.1 Å². The third kappa shape index (κ3) is 3.59. The Labute approximate surface area is 136 Å². The fraction of sp³-hybridized carbons (Fsp3) is 0.333. The number of nitrogens with zero attached hydrogens (tertiary/aromatic N) is 4. The van der Waals surface area contributed by atoms with Crippen molar-refractivity contribution in [3.63, 3.8) is 0 Å². The van der Waals surface area contributed by atoms with Gasteiger partial charge in [-0.25, -0.2) is 4.98 Å². The molecular formula is C15H15BrN4O2. The fourth-order valence-corrected chi connectivity index (χ4v) is 2.77. The summed E-state index contributed by atoms with van der Waals surface area (Å²) in [5, 5.41) is 0. The van der Waals surface area contributed by atoms with E-state index in [0.717, 1.165) is 17.3 Å². The van der Waals surface area contributed by atoms with Crippen LogP contribution in [0.5, 0.6) is 5.88 Å². The first kappa shape index (κ1) is 14.9. The Kier molecular flexibility index (Phi) is 4.62. The molecule has 0 spiro atoms. The quantitative estimate of drug-likeness (QED) is 0.837. The van der Waals surface area contributed by atoms with Crippen molar-refractivity contribution in [2.24, 2.45) is 0 Å². The molecule has 0 aliphatic carbocycles. The van der Waals surface area contributed by atoms with E-state index in [4.69, 9.17) is 4.74 Å². The summed E-state index contributed by atoms with van der Waals surface area (Å²) >= 11 is 3.33. The number of carbonyl (C=O) groups is 1. The lowest BCUT2D eigenvalue weighted by Crippen LogP contribution is -2.41. The van der Waals surface area contributed by atoms with E-state index in [1.165, 1.54) is 0 Å². The molecule has 0 saturated carbocycles. The average molecular weight is 363 g/mol. The van der Waals surface area contributed by atoms with Gasteiger partial charge >= 0.3 is 0 Å². The monoisotopic (exact) mass is 362 g/mol. The summed E-state index contributed by atoms with van der Waals surface area (Å²) in [5.74, 6) is 0.537. The molecular weight excluding hydrogens is 348 g/mol. The van der Waals surface area contributed by atoms with Crippen molar-refractivity contribution < 1.29 is 9.53 Å². The van der Waals surface area contributed by atoms with Crippen LogP contribution in [0.4, 0.5) is 0 Å². The number of likely N-dealkylation sites (tertiary alicyclic amines) is 1. The lowest BCUT2D eigenvalue weighted by atomic mass is 10.1. The van der Waals surface area contributed by atoms with Crippen LogP contribution in [0.25, 0.3) is 0 Å². The van der Waals surface area contributed by atoms with Crippen molar-refractivity contribution in [1.29, 1.82) is 0 Å². The van der Waals surface area contributed by atoms with Crippen LogP contribution in [0.15, 0.2) is 41.5 Å². The minimum atomic E-state index is 0.00625. The van der Waals surface area contributed by atoms with E-state index in [2.05, 4.69) is 30.9 Å². The first-order chi connectivity index (χ1) is 10.7. The molecule has 3 heterocycles. The summed E-state index contributed by atoms with van der Waals surface area (Å²) in [4.78, 5) is 26.4. The lowest BCUT2D eigenvalue weighted by molar-refractivity contribution is 0.0586. The van der Waals surface area contributed by atoms with Crippen LogP contribution in [0.2, 0.25) is 0 Å². The van der Waals surface area contributed by atoms with Gasteiger partial charge in [0.15, 0.2) is 0 Å². The highest BCUT2D eigenvalue weighted by Gasteiger charge is 2.25. The maximum Gasteiger partial charge on any atom is 0.255 e. The van der Waals surface area contributed by atoms with Crippen molar-refractivity contribution in [1.82, 2.24) is 19.9 Å². The number of halogens is 1. The van der Waals surface area contributed by atoms with Crippen LogP contribution in [0.1, 0.15) is 23.2 Å². The third-order valence-electron chi connectivity index (χ3n) is 3.51. The SMILES string of the molecule is O=C(c1cncc(Br)c1)N1CCC(Oc2cnccn2)CC1. The Bertz CT molecular complexity index is 645. The van der Waals surface area contributed by atoms with Crippen LogP contribution >= 0.6 is 15.9 Å². The number of amides is 1. The van der Waals surface area contributed by atoms with Crippen molar-refractivity contribution in [2.75, 3.05) is 13.1 Å². The standard InChI is InChI=1S/C15H15BrN4O2/c16-12-7-11(8-18-9-12)15(21)20-5-1-13(2-6-20)22-14-10-17-3-4-19-14/h3-4,7-10,13H,1-2,5-6H2. The van der Waals surface area contributed by atoms with Crippen molar-refractivity contribution in [3.05, 3.63) is 47.1 Å². The number of hydrogen-bond donors (Lipinski definition) is 0. The predicted octanol–water partition coefficient (Wildman–Crippen LogP) is 2.32. The fourth-order valence-electron chi connectivity index (χ4n) is 2.41. The highest BCUT2D eigenvalue weighted by Crippen LogP contribution is 2.19. The van der Waals surface area contributed by atoms with Gasteiger partial charge in [0.05, 0.1) is 11.8 Å². The summed E-state index contributed by atoms with van der Waals surface area (Å²) in [6.07, 6.45) is 9.71. The van der Waals surface area contributed by atoms with Crippen LogP contribution in [0.3, 0.4) is 0 Å². The summed E-state index contributed by atoms with van der Waals surface area (Å²) in [6, 6.07) is 1.79. The van der Waals surface area contributed by atoms with Gasteiger partial charge in [-0.1, -0.05) is 0 Å². The second-order valence-corrected chi connectivity index (χ2v) is 5.96. The minimum absolute atomic E-state index is 0.00625. The molecule has 3 rings (SSSR count). The largest absolute Gasteiger partial charge is 0.473 e. The van der Waals surface area contributed by atoms with Gasteiger partial charge in [0.2, 0.25) is 5.88 Å². The molecule has 114 valence electrons. The number of ether oxygens (including phenoxy) is 1. The molecule has 0 radical (unpaired) electrons. The topological polar surface area (TPSA) is 68.2 Å². The van der Waals surface area contributed by atoms with Crippen molar-refractivity contribution in [3.8, 4) is 5.88 Å².